The van der Waals surface area contributed by atoms with Gasteiger partial charge < -0.3 is 5.32 Å². The van der Waals surface area contributed by atoms with Crippen molar-refractivity contribution in [1.29, 1.82) is 0 Å². The van der Waals surface area contributed by atoms with Crippen LogP contribution >= 0.6 is 0 Å². The summed E-state index contributed by atoms with van der Waals surface area (Å²) in [5, 5.41) is 4.03. The topological polar surface area (TPSA) is 62.3 Å². The van der Waals surface area contributed by atoms with E-state index < -0.39 is 15.8 Å². The summed E-state index contributed by atoms with van der Waals surface area (Å²) >= 11 is 0. The quantitative estimate of drug-likeness (QED) is 0.910. The summed E-state index contributed by atoms with van der Waals surface area (Å²) in [6.45, 7) is 1.41. The number of nitrogens with zero attached hydrogens (tertiary/aromatic N) is 2. The first kappa shape index (κ1) is 15.0. The molecule has 2 saturated heterocycles. The highest BCUT2D eigenvalue weighted by molar-refractivity contribution is 7.89. The van der Waals surface area contributed by atoms with E-state index in [4.69, 9.17) is 0 Å². The molecule has 0 saturated carbocycles. The lowest BCUT2D eigenvalue weighted by atomic mass is 10.0. The van der Waals surface area contributed by atoms with Crippen LogP contribution in [0.15, 0.2) is 35.5 Å². The van der Waals surface area contributed by atoms with E-state index in [1.54, 1.807) is 16.4 Å². The molecule has 1 aromatic heterocycles. The lowest BCUT2D eigenvalue weighted by molar-refractivity contribution is 0.289. The third-order valence-corrected chi connectivity index (χ3v) is 6.83. The van der Waals surface area contributed by atoms with Crippen LogP contribution in [0, 0.1) is 5.82 Å². The van der Waals surface area contributed by atoms with Gasteiger partial charge in [-0.1, -0.05) is 12.1 Å². The van der Waals surface area contributed by atoms with Gasteiger partial charge in [0.15, 0.2) is 5.82 Å². The normalized spacial score (nSPS) is 25.6. The van der Waals surface area contributed by atoms with E-state index in [1.165, 1.54) is 12.3 Å². The number of hydrogen-bond donors (Lipinski definition) is 1. The zero-order valence-corrected chi connectivity index (χ0v) is 13.4. The van der Waals surface area contributed by atoms with Crippen molar-refractivity contribution in [3.8, 4) is 0 Å². The second-order valence-corrected chi connectivity index (χ2v) is 8.01. The highest BCUT2D eigenvalue weighted by Gasteiger charge is 2.42. The fourth-order valence-electron chi connectivity index (χ4n) is 3.81. The van der Waals surface area contributed by atoms with Crippen molar-refractivity contribution in [2.45, 2.75) is 36.2 Å². The molecule has 2 aliphatic heterocycles. The molecule has 0 aliphatic carbocycles. The Kier molecular flexibility index (Phi) is 3.59. The number of aromatic nitrogens is 1. The van der Waals surface area contributed by atoms with Crippen molar-refractivity contribution in [2.75, 3.05) is 13.1 Å². The Bertz CT molecular complexity index is 850. The number of pyridine rings is 1. The van der Waals surface area contributed by atoms with Crippen molar-refractivity contribution in [3.63, 3.8) is 0 Å². The van der Waals surface area contributed by atoms with Gasteiger partial charge in [-0.05, 0) is 31.9 Å². The number of benzene rings is 1. The molecule has 1 aromatic carbocycles. The van der Waals surface area contributed by atoms with Crippen LogP contribution in [0.5, 0.6) is 0 Å². The van der Waals surface area contributed by atoms with Gasteiger partial charge >= 0.3 is 0 Å². The molecule has 2 aromatic rings. The van der Waals surface area contributed by atoms with Crippen LogP contribution in [-0.4, -0.2) is 42.9 Å². The van der Waals surface area contributed by atoms with Gasteiger partial charge in [-0.3, -0.25) is 4.98 Å². The highest BCUT2D eigenvalue weighted by Crippen LogP contribution is 2.34. The van der Waals surface area contributed by atoms with Gasteiger partial charge in [0.2, 0.25) is 10.0 Å². The van der Waals surface area contributed by atoms with Crippen molar-refractivity contribution in [2.24, 2.45) is 0 Å². The van der Waals surface area contributed by atoms with Crippen molar-refractivity contribution in [3.05, 3.63) is 36.4 Å². The third kappa shape index (κ3) is 2.34. The summed E-state index contributed by atoms with van der Waals surface area (Å²) in [4.78, 5) is 3.85. The molecule has 5 nitrogen and oxygen atoms in total. The van der Waals surface area contributed by atoms with Crippen molar-refractivity contribution in [1.82, 2.24) is 14.6 Å². The number of nitrogens with one attached hydrogen (secondary N) is 1. The molecular formula is C16H18FN3O2S. The minimum Gasteiger partial charge on any atom is -0.312 e. The number of fused-ring (bicyclic) bond motifs is 2. The van der Waals surface area contributed by atoms with E-state index in [0.29, 0.717) is 11.9 Å². The predicted octanol–water partition coefficient (Wildman–Crippen LogP) is 1.89. The molecule has 0 radical (unpaired) electrons. The van der Waals surface area contributed by atoms with E-state index in [-0.39, 0.29) is 22.4 Å². The van der Waals surface area contributed by atoms with Crippen LogP contribution in [0.3, 0.4) is 0 Å². The maximum Gasteiger partial charge on any atom is 0.244 e. The summed E-state index contributed by atoms with van der Waals surface area (Å²) in [5.74, 6) is -0.598. The molecular weight excluding hydrogens is 317 g/mol. The van der Waals surface area contributed by atoms with Gasteiger partial charge in [0, 0.05) is 35.6 Å². The summed E-state index contributed by atoms with van der Waals surface area (Å²) in [7, 11) is -3.73. The Hall–Kier alpha value is -1.57. The molecule has 2 atom stereocenters. The molecule has 2 unspecified atom stereocenters. The summed E-state index contributed by atoms with van der Waals surface area (Å²) in [5.41, 5.74) is 0. The average Bonchev–Trinajstić information content (AvgIpc) is 2.99. The van der Waals surface area contributed by atoms with Gasteiger partial charge in [0.1, 0.15) is 0 Å². The fraction of sp³-hybridized carbons (Fsp3) is 0.438. The Labute approximate surface area is 134 Å². The number of piperidine rings is 1. The molecule has 2 fully saturated rings. The molecule has 1 N–H and O–H groups in total. The summed E-state index contributed by atoms with van der Waals surface area (Å²) in [6.07, 6.45) is 5.17. The maximum absolute atomic E-state index is 14.2. The minimum atomic E-state index is -3.73. The molecule has 0 spiro atoms. The smallest absolute Gasteiger partial charge is 0.244 e. The SMILES string of the molecule is O=S(=O)(c1cccc2cncc(F)c12)N1CCC2NCCCC21. The van der Waals surface area contributed by atoms with Crippen LogP contribution < -0.4 is 5.32 Å². The van der Waals surface area contributed by atoms with Gasteiger partial charge in [-0.15, -0.1) is 0 Å². The lowest BCUT2D eigenvalue weighted by Crippen LogP contribution is -2.48. The largest absolute Gasteiger partial charge is 0.312 e. The van der Waals surface area contributed by atoms with Crippen LogP contribution in [0.1, 0.15) is 19.3 Å². The van der Waals surface area contributed by atoms with E-state index in [9.17, 15) is 12.8 Å². The predicted molar refractivity (Wildman–Crippen MR) is 85.0 cm³/mol. The maximum atomic E-state index is 14.2. The van der Waals surface area contributed by atoms with E-state index in [0.717, 1.165) is 32.0 Å². The second-order valence-electron chi connectivity index (χ2n) is 6.15. The molecule has 23 heavy (non-hydrogen) atoms. The first-order valence-electron chi connectivity index (χ1n) is 7.86. The van der Waals surface area contributed by atoms with E-state index in [2.05, 4.69) is 10.3 Å². The Morgan fingerprint density at radius 2 is 2.13 bits per heavy atom. The Balaban J connectivity index is 1.84. The van der Waals surface area contributed by atoms with Gasteiger partial charge in [-0.2, -0.15) is 4.31 Å². The summed E-state index contributed by atoms with van der Waals surface area (Å²) < 4.78 is 42.1. The highest BCUT2D eigenvalue weighted by atomic mass is 32.2. The molecule has 0 bridgehead atoms. The first-order chi connectivity index (χ1) is 11.1. The molecule has 0 amide bonds. The van der Waals surface area contributed by atoms with Crippen LogP contribution in [0.25, 0.3) is 10.8 Å². The molecule has 4 rings (SSSR count). The Morgan fingerprint density at radius 3 is 3.00 bits per heavy atom. The third-order valence-electron chi connectivity index (χ3n) is 4.86. The second kappa shape index (κ2) is 5.51. The zero-order valence-electron chi connectivity index (χ0n) is 12.6. The van der Waals surface area contributed by atoms with Crippen molar-refractivity contribution < 1.29 is 12.8 Å². The average molecular weight is 335 g/mol. The minimum absolute atomic E-state index is 0.0334. The van der Waals surface area contributed by atoms with Gasteiger partial charge in [0.05, 0.1) is 11.1 Å². The monoisotopic (exact) mass is 335 g/mol. The zero-order chi connectivity index (χ0) is 16.0. The molecule has 3 heterocycles. The fourth-order valence-corrected chi connectivity index (χ4v) is 5.74. The van der Waals surface area contributed by atoms with Crippen LogP contribution in [0.4, 0.5) is 4.39 Å². The van der Waals surface area contributed by atoms with Crippen molar-refractivity contribution >= 4 is 20.8 Å². The molecule has 7 heteroatoms. The van der Waals surface area contributed by atoms with Gasteiger partial charge in [-0.25, -0.2) is 12.8 Å². The number of sulfonamides is 1. The van der Waals surface area contributed by atoms with E-state index in [1.807, 2.05) is 0 Å². The first-order valence-corrected chi connectivity index (χ1v) is 9.30. The molecule has 2 aliphatic rings. The Morgan fingerprint density at radius 1 is 1.26 bits per heavy atom. The van der Waals surface area contributed by atoms with Gasteiger partial charge in [0.25, 0.3) is 0 Å². The van der Waals surface area contributed by atoms with Crippen LogP contribution in [0.2, 0.25) is 0 Å². The number of rotatable bonds is 2. The standard InChI is InChI=1S/C16H18FN3O2S/c17-12-10-18-9-11-3-1-5-15(16(11)12)23(21,22)20-8-6-13-14(20)4-2-7-19-13/h1,3,5,9-10,13-14,19H,2,4,6-8H2. The van der Waals surface area contributed by atoms with Crippen LogP contribution in [-0.2, 0) is 10.0 Å². The number of hydrogen-bond acceptors (Lipinski definition) is 4. The number of halogens is 1. The van der Waals surface area contributed by atoms with E-state index >= 15 is 0 Å². The summed E-state index contributed by atoms with van der Waals surface area (Å²) in [6, 6.07) is 4.99. The lowest BCUT2D eigenvalue weighted by Gasteiger charge is -2.32. The molecule has 122 valence electrons.